The van der Waals surface area contributed by atoms with Crippen molar-refractivity contribution in [1.82, 2.24) is 87.2 Å². The summed E-state index contributed by atoms with van der Waals surface area (Å²) in [5.74, 6) is 0. The van der Waals surface area contributed by atoms with Crippen LogP contribution in [0.1, 0.15) is 46.5 Å². The number of rotatable bonds is 11. The van der Waals surface area contributed by atoms with E-state index in [0.717, 1.165) is 40.2 Å². The molecule has 0 spiro atoms. The van der Waals surface area contributed by atoms with Gasteiger partial charge in [-0.15, -0.1) is 13.2 Å². The fraction of sp³-hybridized carbons (Fsp3) is 0.371. The van der Waals surface area contributed by atoms with Gasteiger partial charge in [0.25, 0.3) is 0 Å². The molecule has 6 aromatic heterocycles. The molecule has 71 heavy (non-hydrogen) atoms. The normalized spacial score (nSPS) is 9.92. The zero-order valence-electron chi connectivity index (χ0n) is 38.0. The van der Waals surface area contributed by atoms with Crippen molar-refractivity contribution in [2.24, 2.45) is 7.05 Å². The summed E-state index contributed by atoms with van der Waals surface area (Å²) in [6, 6.07) is 0. The number of hydrogen-bond acceptors (Lipinski definition) is 18. The van der Waals surface area contributed by atoms with Crippen molar-refractivity contribution in [3.8, 4) is 0 Å². The van der Waals surface area contributed by atoms with Crippen LogP contribution in [-0.4, -0.2) is 87.2 Å². The minimum atomic E-state index is -0.801. The first kappa shape index (κ1) is 59.0. The molecule has 6 aromatic rings. The second-order valence-electron chi connectivity index (χ2n) is 13.2. The van der Waals surface area contributed by atoms with Gasteiger partial charge in [-0.3, -0.25) is 59.8 Å². The first-order valence-electron chi connectivity index (χ1n) is 20.1. The molecule has 36 nitrogen and oxygen atoms in total. The fourth-order valence-electron chi connectivity index (χ4n) is 4.70. The van der Waals surface area contributed by atoms with Gasteiger partial charge in [0.2, 0.25) is 0 Å². The molecule has 0 aliphatic rings. The molecule has 0 fully saturated rings. The van der Waals surface area contributed by atoms with E-state index >= 15 is 0 Å². The summed E-state index contributed by atoms with van der Waals surface area (Å²) in [5, 5.41) is 0. The number of hydrogen-bond donors (Lipinski definition) is 12. The Morgan fingerprint density at radius 2 is 0.606 bits per heavy atom. The van der Waals surface area contributed by atoms with E-state index in [2.05, 4.69) is 13.2 Å². The van der Waals surface area contributed by atoms with Crippen molar-refractivity contribution in [3.63, 3.8) is 0 Å². The topological polar surface area (TPSA) is 526 Å². The summed E-state index contributed by atoms with van der Waals surface area (Å²) >= 11 is 0. The van der Waals surface area contributed by atoms with Gasteiger partial charge in [-0.25, -0.2) is 114 Å². The van der Waals surface area contributed by atoms with Gasteiger partial charge in [0.05, 0.1) is 6.54 Å². The molecule has 0 amide bonds. The van der Waals surface area contributed by atoms with E-state index in [0.29, 0.717) is 25.9 Å². The van der Waals surface area contributed by atoms with Gasteiger partial charge in [0.15, 0.2) is 0 Å². The molecule has 6 heterocycles. The third kappa shape index (κ3) is 19.4. The average Bonchev–Trinajstić information content (AvgIpc) is 3.25. The van der Waals surface area contributed by atoms with Crippen LogP contribution >= 0.6 is 0 Å². The minimum Gasteiger partial charge on any atom is -0.259 e. The molecular formula is C35H48N18O18. The fourth-order valence-corrected chi connectivity index (χ4v) is 4.70. The summed E-state index contributed by atoms with van der Waals surface area (Å²) in [5.41, 5.74) is -12.9. The zero-order valence-corrected chi connectivity index (χ0v) is 38.0. The van der Waals surface area contributed by atoms with Gasteiger partial charge in [-0.2, -0.15) is 0 Å². The molecule has 386 valence electrons. The Bertz CT molecular complexity index is 3690. The Balaban J connectivity index is 0.000000427. The monoisotopic (exact) mass is 1010 g/mol. The molecule has 0 unspecified atom stereocenters. The Kier molecular flexibility index (Phi) is 24.0. The van der Waals surface area contributed by atoms with Crippen LogP contribution in [0.4, 0.5) is 0 Å². The predicted molar refractivity (Wildman–Crippen MR) is 249 cm³/mol. The number of allylic oxidation sites excluding steroid dienone is 2. The predicted octanol–water partition coefficient (Wildman–Crippen LogP) is -9.12. The second-order valence-corrected chi connectivity index (χ2v) is 13.2. The van der Waals surface area contributed by atoms with Gasteiger partial charge in [-0.1, -0.05) is 32.4 Å². The maximum atomic E-state index is 11.1. The Labute approximate surface area is 387 Å². The third-order valence-electron chi connectivity index (χ3n) is 8.07. The van der Waals surface area contributed by atoms with E-state index in [1.165, 1.54) is 13.1 Å². The van der Waals surface area contributed by atoms with Crippen LogP contribution in [0.15, 0.2) is 112 Å². The molecule has 0 radical (unpaired) electrons. The molecule has 0 aliphatic carbocycles. The van der Waals surface area contributed by atoms with Crippen LogP contribution in [0.2, 0.25) is 0 Å². The highest BCUT2D eigenvalue weighted by atomic mass is 16.2. The number of aromatic amines is 12. The first-order chi connectivity index (χ1) is 33.3. The van der Waals surface area contributed by atoms with Crippen molar-refractivity contribution in [2.45, 2.75) is 79.2 Å². The van der Waals surface area contributed by atoms with E-state index in [9.17, 15) is 86.3 Å². The van der Waals surface area contributed by atoms with Crippen LogP contribution in [-0.2, 0) is 39.8 Å². The van der Waals surface area contributed by atoms with Crippen molar-refractivity contribution < 1.29 is 0 Å². The zero-order chi connectivity index (χ0) is 54.1. The molecule has 0 aromatic carbocycles. The standard InChI is InChI=1S/C7H11N3O3.C7H9N3O3.C6H9N3O3.C6H7N3O3.C5H7N3O3.C4H5N3O3/c2*1-2-3-4-10-6(12)8-5(11)9-7(10)13;2*1-2-3-9-5(11)7-4(10)8-6(9)12;1-2-8-4(10)6-3(9)7-5(8)11;1-7-3(9)5-2(8)6-4(7)10/h2-4H2,1H3,(H2,8,9,11,12,13);2H,1,3-4H2,(H2,8,9,11,12,13);2-3H2,1H3,(H2,7,8,10,11,12);2H,1,3H2,(H2,7,8,10,11,12);2H2,1H3,(H2,6,7,9,10,11);1H3,(H2,5,6,8,9,10). The summed E-state index contributed by atoms with van der Waals surface area (Å²) in [7, 11) is 1.26. The highest BCUT2D eigenvalue weighted by Crippen LogP contribution is 1.86. The molecule has 0 aliphatic heterocycles. The van der Waals surface area contributed by atoms with Crippen molar-refractivity contribution >= 4 is 0 Å². The van der Waals surface area contributed by atoms with Gasteiger partial charge in [0.1, 0.15) is 0 Å². The summed E-state index contributed by atoms with van der Waals surface area (Å²) < 4.78 is 5.31. The lowest BCUT2D eigenvalue weighted by Crippen LogP contribution is -2.43. The largest absolute Gasteiger partial charge is 0.333 e. The van der Waals surface area contributed by atoms with Gasteiger partial charge < -0.3 is 0 Å². The van der Waals surface area contributed by atoms with Crippen LogP contribution in [0.3, 0.4) is 0 Å². The Morgan fingerprint density at radius 3 is 0.873 bits per heavy atom. The Hall–Kier alpha value is -10.1. The molecule has 36 heteroatoms. The number of nitrogens with zero attached hydrogens (tertiary/aromatic N) is 6. The van der Waals surface area contributed by atoms with Gasteiger partial charge >= 0.3 is 102 Å². The number of aromatic nitrogens is 18. The van der Waals surface area contributed by atoms with E-state index in [1.54, 1.807) is 13.0 Å². The molecule has 0 bridgehead atoms. The van der Waals surface area contributed by atoms with Crippen LogP contribution in [0.5, 0.6) is 0 Å². The minimum absolute atomic E-state index is 0.0744. The molecular weight excluding hydrogens is 960 g/mol. The summed E-state index contributed by atoms with van der Waals surface area (Å²) in [6.45, 7) is 13.4. The third-order valence-corrected chi connectivity index (χ3v) is 8.07. The van der Waals surface area contributed by atoms with Crippen LogP contribution in [0.25, 0.3) is 0 Å². The number of nitrogens with one attached hydrogen (secondary N) is 12. The molecule has 6 rings (SSSR count). The van der Waals surface area contributed by atoms with E-state index in [4.69, 9.17) is 0 Å². The lowest BCUT2D eigenvalue weighted by Gasteiger charge is -1.99. The van der Waals surface area contributed by atoms with Crippen molar-refractivity contribution in [2.75, 3.05) is 0 Å². The van der Waals surface area contributed by atoms with E-state index < -0.39 is 102 Å². The number of H-pyrrole nitrogens is 12. The highest BCUT2D eigenvalue weighted by molar-refractivity contribution is 4.76. The van der Waals surface area contributed by atoms with Crippen LogP contribution in [0, 0.1) is 0 Å². The highest BCUT2D eigenvalue weighted by Gasteiger charge is 2.03. The maximum Gasteiger partial charge on any atom is 0.333 e. The summed E-state index contributed by atoms with van der Waals surface area (Å²) in [6.07, 6.45) is 5.73. The van der Waals surface area contributed by atoms with Gasteiger partial charge in [0, 0.05) is 33.2 Å². The molecule has 0 atom stereocenters. The maximum absolute atomic E-state index is 11.1. The number of unbranched alkanes of at least 4 members (excludes halogenated alkanes) is 1. The first-order valence-corrected chi connectivity index (χ1v) is 20.1. The summed E-state index contributed by atoms with van der Waals surface area (Å²) in [4.78, 5) is 217. The van der Waals surface area contributed by atoms with Crippen molar-refractivity contribution in [3.05, 3.63) is 214 Å². The smallest absolute Gasteiger partial charge is 0.259 e. The van der Waals surface area contributed by atoms with E-state index in [-0.39, 0.29) is 19.6 Å². The Morgan fingerprint density at radius 1 is 0.338 bits per heavy atom. The lowest BCUT2D eigenvalue weighted by molar-refractivity contribution is 0.560. The van der Waals surface area contributed by atoms with Crippen molar-refractivity contribution in [1.29, 1.82) is 0 Å². The van der Waals surface area contributed by atoms with Gasteiger partial charge in [-0.05, 0) is 26.2 Å². The quantitative estimate of drug-likeness (QED) is 0.0536. The lowest BCUT2D eigenvalue weighted by atomic mass is 10.3. The molecule has 0 saturated heterocycles. The SMILES string of the molecule is C=CCCn1c(=O)[nH]c(=O)[nH]c1=O.C=CCn1c(=O)[nH]c(=O)[nH]c1=O.CCCCn1c(=O)[nH]c(=O)[nH]c1=O.CCCn1c(=O)[nH]c(=O)[nH]c1=O.CCn1c(=O)[nH]c(=O)[nH]c1=O.Cn1c(=O)[nH]c(=O)[nH]c1=O. The second kappa shape index (κ2) is 28.9. The average molecular weight is 1010 g/mol. The van der Waals surface area contributed by atoms with E-state index in [1.807, 2.05) is 73.7 Å². The molecule has 0 saturated carbocycles. The van der Waals surface area contributed by atoms with Crippen LogP contribution < -0.4 is 102 Å². The molecule has 12 N–H and O–H groups in total.